The summed E-state index contributed by atoms with van der Waals surface area (Å²) in [5, 5.41) is 2.66. The Hall–Kier alpha value is -2.82. The van der Waals surface area contributed by atoms with E-state index in [-0.39, 0.29) is 24.0 Å². The number of ether oxygens (including phenoxy) is 1. The van der Waals surface area contributed by atoms with E-state index in [9.17, 15) is 4.79 Å². The molecule has 3 aromatic carbocycles. The first-order valence-electron chi connectivity index (χ1n) is 9.41. The molecule has 1 heterocycles. The molecular formula is C24H25ClN2O2. The van der Waals surface area contributed by atoms with E-state index in [2.05, 4.69) is 17.1 Å². The second-order valence-corrected chi connectivity index (χ2v) is 7.38. The van der Waals surface area contributed by atoms with Gasteiger partial charge in [0, 0.05) is 17.0 Å². The van der Waals surface area contributed by atoms with Crippen LogP contribution < -0.4 is 16.0 Å². The molecule has 0 fully saturated rings. The molecule has 4 nitrogen and oxygen atoms in total. The van der Waals surface area contributed by atoms with Crippen molar-refractivity contribution in [3.63, 3.8) is 0 Å². The van der Waals surface area contributed by atoms with E-state index in [1.54, 1.807) is 7.11 Å². The van der Waals surface area contributed by atoms with E-state index in [0.29, 0.717) is 0 Å². The van der Waals surface area contributed by atoms with Crippen LogP contribution in [0.25, 0.3) is 32.8 Å². The Morgan fingerprint density at radius 1 is 1.00 bits per heavy atom. The Kier molecular flexibility index (Phi) is 5.69. The second kappa shape index (κ2) is 7.90. The summed E-state index contributed by atoms with van der Waals surface area (Å²) >= 11 is 0. The molecule has 150 valence electrons. The van der Waals surface area contributed by atoms with E-state index >= 15 is 0 Å². The number of pyridine rings is 1. The largest absolute Gasteiger partial charge is 0.496 e. The predicted molar refractivity (Wildman–Crippen MR) is 123 cm³/mol. The van der Waals surface area contributed by atoms with Crippen LogP contribution in [0, 0.1) is 13.8 Å². The van der Waals surface area contributed by atoms with Gasteiger partial charge in [-0.3, -0.25) is 4.79 Å². The van der Waals surface area contributed by atoms with Crippen LogP contribution in [0.3, 0.4) is 0 Å². The molecule has 0 unspecified atom stereocenters. The van der Waals surface area contributed by atoms with Crippen molar-refractivity contribution in [2.75, 3.05) is 7.11 Å². The van der Waals surface area contributed by atoms with Gasteiger partial charge in [-0.25, -0.2) is 0 Å². The lowest BCUT2D eigenvalue weighted by molar-refractivity contribution is 0.416. The third kappa shape index (κ3) is 3.39. The highest BCUT2D eigenvalue weighted by molar-refractivity contribution is 6.15. The lowest BCUT2D eigenvalue weighted by Crippen LogP contribution is -2.09. The minimum atomic E-state index is -0.0629. The second-order valence-electron chi connectivity index (χ2n) is 7.38. The van der Waals surface area contributed by atoms with E-state index in [4.69, 9.17) is 10.5 Å². The maximum absolute atomic E-state index is 12.8. The Balaban J connectivity index is 0.00000240. The number of hydrogen-bond acceptors (Lipinski definition) is 3. The molecule has 0 amide bonds. The SMILES string of the molecule is COc1cc(C)c2[nH]c(=O)c3c(C)cccc3c2c1-c1ccc([C@@H](C)N)cc1.Cl. The van der Waals surface area contributed by atoms with Crippen LogP contribution in [0.15, 0.2) is 53.3 Å². The topological polar surface area (TPSA) is 68.1 Å². The highest BCUT2D eigenvalue weighted by Gasteiger charge is 2.18. The van der Waals surface area contributed by atoms with Crippen molar-refractivity contribution >= 4 is 34.1 Å². The normalized spacial score (nSPS) is 12.0. The summed E-state index contributed by atoms with van der Waals surface area (Å²) in [5.74, 6) is 0.786. The van der Waals surface area contributed by atoms with Gasteiger partial charge in [0.25, 0.3) is 5.56 Å². The molecule has 4 aromatic rings. The van der Waals surface area contributed by atoms with E-state index in [1.165, 1.54) is 0 Å². The molecule has 0 spiro atoms. The van der Waals surface area contributed by atoms with E-state index in [1.807, 2.05) is 57.2 Å². The molecule has 4 rings (SSSR count). The maximum Gasteiger partial charge on any atom is 0.256 e. The van der Waals surface area contributed by atoms with Gasteiger partial charge in [0.15, 0.2) is 0 Å². The molecule has 1 atom stereocenters. The summed E-state index contributed by atoms with van der Waals surface area (Å²) in [7, 11) is 1.68. The number of fused-ring (bicyclic) bond motifs is 3. The van der Waals surface area contributed by atoms with E-state index in [0.717, 1.165) is 55.2 Å². The van der Waals surface area contributed by atoms with Crippen molar-refractivity contribution in [1.29, 1.82) is 0 Å². The van der Waals surface area contributed by atoms with Gasteiger partial charge in [-0.1, -0.05) is 42.5 Å². The number of halogens is 1. The van der Waals surface area contributed by atoms with Crippen molar-refractivity contribution in [2.45, 2.75) is 26.8 Å². The van der Waals surface area contributed by atoms with Crippen molar-refractivity contribution in [1.82, 2.24) is 4.98 Å². The fourth-order valence-electron chi connectivity index (χ4n) is 3.97. The molecule has 1 aromatic heterocycles. The lowest BCUT2D eigenvalue weighted by atomic mass is 9.92. The number of nitrogens with one attached hydrogen (secondary N) is 1. The molecule has 0 saturated heterocycles. The van der Waals surface area contributed by atoms with E-state index < -0.39 is 0 Å². The number of aryl methyl sites for hydroxylation is 2. The Bertz CT molecular complexity index is 1260. The molecule has 3 N–H and O–H groups in total. The van der Waals surface area contributed by atoms with Crippen molar-refractivity contribution in [3.8, 4) is 16.9 Å². The zero-order valence-corrected chi connectivity index (χ0v) is 17.8. The van der Waals surface area contributed by atoms with Crippen LogP contribution >= 0.6 is 12.4 Å². The minimum absolute atomic E-state index is 0. The van der Waals surface area contributed by atoms with Crippen molar-refractivity contribution in [2.24, 2.45) is 5.73 Å². The number of aromatic amines is 1. The summed E-state index contributed by atoms with van der Waals surface area (Å²) in [6.07, 6.45) is 0. The molecule has 29 heavy (non-hydrogen) atoms. The minimum Gasteiger partial charge on any atom is -0.496 e. The molecule has 0 aliphatic carbocycles. The monoisotopic (exact) mass is 408 g/mol. The van der Waals surface area contributed by atoms with Crippen LogP contribution in [-0.2, 0) is 0 Å². The summed E-state index contributed by atoms with van der Waals surface area (Å²) in [6, 6.07) is 16.2. The number of methoxy groups -OCH3 is 1. The summed E-state index contributed by atoms with van der Waals surface area (Å²) < 4.78 is 5.76. The predicted octanol–water partition coefficient (Wildman–Crippen LogP) is 5.42. The number of H-pyrrole nitrogens is 1. The van der Waals surface area contributed by atoms with Crippen molar-refractivity contribution in [3.05, 3.63) is 75.6 Å². The third-order valence-electron chi connectivity index (χ3n) is 5.44. The number of benzene rings is 3. The fraction of sp³-hybridized carbons (Fsp3) is 0.208. The smallest absolute Gasteiger partial charge is 0.256 e. The van der Waals surface area contributed by atoms with Crippen LogP contribution in [-0.4, -0.2) is 12.1 Å². The maximum atomic E-state index is 12.8. The number of nitrogens with two attached hydrogens (primary N) is 1. The first-order valence-corrected chi connectivity index (χ1v) is 9.41. The van der Waals surface area contributed by atoms with Gasteiger partial charge in [0.2, 0.25) is 0 Å². The number of aromatic nitrogens is 1. The van der Waals surface area contributed by atoms with Crippen LogP contribution in [0.4, 0.5) is 0 Å². The average molecular weight is 409 g/mol. The summed E-state index contributed by atoms with van der Waals surface area (Å²) in [6.45, 7) is 5.93. The summed E-state index contributed by atoms with van der Waals surface area (Å²) in [5.41, 5.74) is 11.8. The highest BCUT2D eigenvalue weighted by Crippen LogP contribution is 2.41. The Labute approximate surface area is 176 Å². The zero-order valence-electron chi connectivity index (χ0n) is 17.0. The quantitative estimate of drug-likeness (QED) is 0.445. The number of rotatable bonds is 3. The van der Waals surface area contributed by atoms with Gasteiger partial charge in [-0.05, 0) is 54.5 Å². The molecule has 0 saturated carbocycles. The highest BCUT2D eigenvalue weighted by atomic mass is 35.5. The molecule has 0 bridgehead atoms. The van der Waals surface area contributed by atoms with Gasteiger partial charge >= 0.3 is 0 Å². The standard InChI is InChI=1S/C24H24N2O2.ClH/c1-13-6-5-7-18-20(13)24(27)26-23-14(2)12-19(28-4)21(22(18)23)17-10-8-16(9-11-17)15(3)25;/h5-12,15H,25H2,1-4H3,(H,26,27);1H/t15-;/m1./s1. The zero-order chi connectivity index (χ0) is 20.0. The molecule has 0 radical (unpaired) electrons. The first kappa shape index (κ1) is 20.9. The third-order valence-corrected chi connectivity index (χ3v) is 5.44. The van der Waals surface area contributed by atoms with Gasteiger partial charge in [0.1, 0.15) is 5.75 Å². The van der Waals surface area contributed by atoms with Gasteiger partial charge in [-0.2, -0.15) is 0 Å². The molecule has 0 aliphatic heterocycles. The van der Waals surface area contributed by atoms with Crippen LogP contribution in [0.2, 0.25) is 0 Å². The van der Waals surface area contributed by atoms with Gasteiger partial charge in [0.05, 0.1) is 18.0 Å². The molecule has 5 heteroatoms. The molecule has 0 aliphatic rings. The lowest BCUT2D eigenvalue weighted by Gasteiger charge is -2.17. The van der Waals surface area contributed by atoms with Gasteiger partial charge in [-0.15, -0.1) is 12.4 Å². The Morgan fingerprint density at radius 3 is 2.31 bits per heavy atom. The Morgan fingerprint density at radius 2 is 1.69 bits per heavy atom. The first-order chi connectivity index (χ1) is 13.4. The van der Waals surface area contributed by atoms with Crippen LogP contribution in [0.5, 0.6) is 5.75 Å². The van der Waals surface area contributed by atoms with Crippen molar-refractivity contribution < 1.29 is 4.74 Å². The molecular weight excluding hydrogens is 384 g/mol. The summed E-state index contributed by atoms with van der Waals surface area (Å²) in [4.78, 5) is 15.9. The van der Waals surface area contributed by atoms with Crippen LogP contribution in [0.1, 0.15) is 29.7 Å². The average Bonchev–Trinajstić information content (AvgIpc) is 2.68. The van der Waals surface area contributed by atoms with Gasteiger partial charge < -0.3 is 15.5 Å². The fourth-order valence-corrected chi connectivity index (χ4v) is 3.97. The number of hydrogen-bond donors (Lipinski definition) is 2.